The van der Waals surface area contributed by atoms with Crippen molar-refractivity contribution in [2.24, 2.45) is 5.73 Å². The molecule has 3 nitrogen and oxygen atoms in total. The fourth-order valence-corrected chi connectivity index (χ4v) is 1.12. The Labute approximate surface area is 84.0 Å². The summed E-state index contributed by atoms with van der Waals surface area (Å²) < 4.78 is 37.0. The largest absolute Gasteiger partial charge is 0.507 e. The number of aromatic hydroxyl groups is 1. The summed E-state index contributed by atoms with van der Waals surface area (Å²) in [5.41, 5.74) is 4.34. The lowest BCUT2D eigenvalue weighted by Gasteiger charge is -2.13. The van der Waals surface area contributed by atoms with Gasteiger partial charge in [-0.1, -0.05) is 6.07 Å². The SMILES string of the molecule is N[C@H](CO)c1ccc(O)c(C(F)(F)F)c1. The summed E-state index contributed by atoms with van der Waals surface area (Å²) >= 11 is 0. The lowest BCUT2D eigenvalue weighted by Crippen LogP contribution is -2.16. The molecule has 0 amide bonds. The first-order chi connectivity index (χ1) is 6.86. The van der Waals surface area contributed by atoms with Crippen LogP contribution in [0.25, 0.3) is 0 Å². The average Bonchev–Trinajstić information content (AvgIpc) is 2.15. The van der Waals surface area contributed by atoms with Gasteiger partial charge in [-0.25, -0.2) is 0 Å². The van der Waals surface area contributed by atoms with Gasteiger partial charge in [-0.3, -0.25) is 0 Å². The second-order valence-electron chi connectivity index (χ2n) is 3.06. The van der Waals surface area contributed by atoms with Crippen LogP contribution in [0.3, 0.4) is 0 Å². The van der Waals surface area contributed by atoms with Crippen molar-refractivity contribution in [3.05, 3.63) is 29.3 Å². The highest BCUT2D eigenvalue weighted by molar-refractivity contribution is 5.39. The number of aliphatic hydroxyl groups is 1. The number of hydrogen-bond donors (Lipinski definition) is 3. The monoisotopic (exact) mass is 221 g/mol. The molecule has 1 rings (SSSR count). The molecule has 1 aromatic carbocycles. The molecule has 6 heteroatoms. The third kappa shape index (κ3) is 2.60. The summed E-state index contributed by atoms with van der Waals surface area (Å²) in [6.45, 7) is -0.456. The molecule has 0 aliphatic carbocycles. The topological polar surface area (TPSA) is 66.5 Å². The third-order valence-electron chi connectivity index (χ3n) is 1.95. The van der Waals surface area contributed by atoms with Crippen LogP contribution in [0.5, 0.6) is 5.75 Å². The van der Waals surface area contributed by atoms with E-state index in [9.17, 15) is 13.2 Å². The zero-order valence-corrected chi connectivity index (χ0v) is 7.62. The molecule has 0 aliphatic heterocycles. The molecule has 0 saturated heterocycles. The standard InChI is InChI=1S/C9H10F3NO2/c10-9(11,12)6-3-5(7(13)4-14)1-2-8(6)15/h1-3,7,14-15H,4,13H2/t7-/m1/s1. The Morgan fingerprint density at radius 2 is 1.93 bits per heavy atom. The highest BCUT2D eigenvalue weighted by atomic mass is 19.4. The minimum atomic E-state index is -4.63. The molecule has 15 heavy (non-hydrogen) atoms. The van der Waals surface area contributed by atoms with Gasteiger partial charge < -0.3 is 15.9 Å². The zero-order valence-electron chi connectivity index (χ0n) is 7.62. The van der Waals surface area contributed by atoms with Crippen LogP contribution in [0.1, 0.15) is 17.2 Å². The first kappa shape index (κ1) is 11.8. The maximum atomic E-state index is 12.3. The normalized spacial score (nSPS) is 13.9. The minimum absolute atomic E-state index is 0.127. The van der Waals surface area contributed by atoms with Crippen LogP contribution in [-0.2, 0) is 6.18 Å². The van der Waals surface area contributed by atoms with Crippen LogP contribution < -0.4 is 5.73 Å². The second kappa shape index (κ2) is 4.08. The molecule has 0 aromatic heterocycles. The van der Waals surface area contributed by atoms with Crippen LogP contribution >= 0.6 is 0 Å². The number of benzene rings is 1. The van der Waals surface area contributed by atoms with Crippen molar-refractivity contribution >= 4 is 0 Å². The molecule has 0 saturated carbocycles. The quantitative estimate of drug-likeness (QED) is 0.707. The number of hydrogen-bond acceptors (Lipinski definition) is 3. The van der Waals surface area contributed by atoms with E-state index in [4.69, 9.17) is 15.9 Å². The summed E-state index contributed by atoms with van der Waals surface area (Å²) in [6.07, 6.45) is -4.63. The van der Waals surface area contributed by atoms with E-state index in [0.29, 0.717) is 0 Å². The van der Waals surface area contributed by atoms with Gasteiger partial charge in [0.2, 0.25) is 0 Å². The van der Waals surface area contributed by atoms with Gasteiger partial charge in [0.05, 0.1) is 18.2 Å². The molecule has 0 aliphatic rings. The van der Waals surface area contributed by atoms with Crippen LogP contribution in [0.2, 0.25) is 0 Å². The fourth-order valence-electron chi connectivity index (χ4n) is 1.12. The number of phenols is 1. The van der Waals surface area contributed by atoms with Crippen LogP contribution in [0, 0.1) is 0 Å². The van der Waals surface area contributed by atoms with Gasteiger partial charge in [0, 0.05) is 0 Å². The molecule has 84 valence electrons. The van der Waals surface area contributed by atoms with Gasteiger partial charge >= 0.3 is 6.18 Å². The molecule has 0 radical (unpaired) electrons. The molecular weight excluding hydrogens is 211 g/mol. The van der Waals surface area contributed by atoms with Crippen molar-refractivity contribution in [1.82, 2.24) is 0 Å². The van der Waals surface area contributed by atoms with Gasteiger partial charge in [0.1, 0.15) is 5.75 Å². The van der Waals surface area contributed by atoms with Crippen molar-refractivity contribution in [2.45, 2.75) is 12.2 Å². The lowest BCUT2D eigenvalue weighted by molar-refractivity contribution is -0.138. The van der Waals surface area contributed by atoms with Crippen LogP contribution in [0.15, 0.2) is 18.2 Å². The highest BCUT2D eigenvalue weighted by Crippen LogP contribution is 2.36. The second-order valence-corrected chi connectivity index (χ2v) is 3.06. The predicted molar refractivity (Wildman–Crippen MR) is 47.1 cm³/mol. The summed E-state index contributed by atoms with van der Waals surface area (Å²) in [4.78, 5) is 0. The van der Waals surface area contributed by atoms with E-state index in [-0.39, 0.29) is 5.56 Å². The molecule has 0 spiro atoms. The Balaban J connectivity index is 3.17. The zero-order chi connectivity index (χ0) is 11.6. The molecule has 1 aromatic rings. The van der Waals surface area contributed by atoms with E-state index < -0.39 is 30.1 Å². The molecule has 0 fully saturated rings. The van der Waals surface area contributed by atoms with E-state index in [2.05, 4.69) is 0 Å². The van der Waals surface area contributed by atoms with Crippen LogP contribution in [-0.4, -0.2) is 16.8 Å². The van der Waals surface area contributed by atoms with E-state index >= 15 is 0 Å². The van der Waals surface area contributed by atoms with Gasteiger partial charge in [-0.2, -0.15) is 13.2 Å². The van der Waals surface area contributed by atoms with Crippen molar-refractivity contribution in [3.8, 4) is 5.75 Å². The minimum Gasteiger partial charge on any atom is -0.507 e. The fraction of sp³-hybridized carbons (Fsp3) is 0.333. The molecule has 4 N–H and O–H groups in total. The number of phenolic OH excluding ortho intramolecular Hbond substituents is 1. The van der Waals surface area contributed by atoms with E-state index in [0.717, 1.165) is 12.1 Å². The van der Waals surface area contributed by atoms with Crippen molar-refractivity contribution in [3.63, 3.8) is 0 Å². The molecule has 0 bridgehead atoms. The summed E-state index contributed by atoms with van der Waals surface area (Å²) in [7, 11) is 0. The average molecular weight is 221 g/mol. The maximum absolute atomic E-state index is 12.3. The number of aliphatic hydroxyl groups excluding tert-OH is 1. The lowest BCUT2D eigenvalue weighted by atomic mass is 10.0. The summed E-state index contributed by atoms with van der Waals surface area (Å²) in [5.74, 6) is -0.851. The van der Waals surface area contributed by atoms with Crippen molar-refractivity contribution in [1.29, 1.82) is 0 Å². The number of rotatable bonds is 2. The van der Waals surface area contributed by atoms with Gasteiger partial charge in [0.15, 0.2) is 0 Å². The van der Waals surface area contributed by atoms with Crippen molar-refractivity contribution < 1.29 is 23.4 Å². The first-order valence-corrected chi connectivity index (χ1v) is 4.13. The Kier molecular flexibility index (Phi) is 3.21. The van der Waals surface area contributed by atoms with E-state index in [1.807, 2.05) is 0 Å². The van der Waals surface area contributed by atoms with Gasteiger partial charge in [-0.05, 0) is 17.7 Å². The molecule has 1 atom stereocenters. The molecular formula is C9H10F3NO2. The Bertz CT molecular complexity index is 352. The molecule has 0 unspecified atom stereocenters. The Morgan fingerprint density at radius 3 is 2.40 bits per heavy atom. The summed E-state index contributed by atoms with van der Waals surface area (Å²) in [5, 5.41) is 17.7. The van der Waals surface area contributed by atoms with Gasteiger partial charge in [-0.15, -0.1) is 0 Å². The first-order valence-electron chi connectivity index (χ1n) is 4.13. The maximum Gasteiger partial charge on any atom is 0.419 e. The highest BCUT2D eigenvalue weighted by Gasteiger charge is 2.34. The molecule has 0 heterocycles. The number of halogens is 3. The third-order valence-corrected chi connectivity index (χ3v) is 1.95. The van der Waals surface area contributed by atoms with Crippen LogP contribution in [0.4, 0.5) is 13.2 Å². The van der Waals surface area contributed by atoms with E-state index in [1.165, 1.54) is 6.07 Å². The number of alkyl halides is 3. The van der Waals surface area contributed by atoms with Gasteiger partial charge in [0.25, 0.3) is 0 Å². The Morgan fingerprint density at radius 1 is 1.33 bits per heavy atom. The predicted octanol–water partition coefficient (Wildman–Crippen LogP) is 1.40. The van der Waals surface area contributed by atoms with E-state index in [1.54, 1.807) is 0 Å². The Hall–Kier alpha value is -1.27. The van der Waals surface area contributed by atoms with Crippen molar-refractivity contribution in [2.75, 3.05) is 6.61 Å². The summed E-state index contributed by atoms with van der Waals surface area (Å²) in [6, 6.07) is 2.00. The number of nitrogens with two attached hydrogens (primary N) is 1. The smallest absolute Gasteiger partial charge is 0.419 e.